The van der Waals surface area contributed by atoms with Gasteiger partial charge in [-0.25, -0.2) is 4.98 Å². The Kier molecular flexibility index (Phi) is 6.27. The van der Waals surface area contributed by atoms with E-state index in [0.29, 0.717) is 16.6 Å². The number of aliphatic hydroxyl groups is 2. The highest BCUT2D eigenvalue weighted by atomic mass is 32.1. The summed E-state index contributed by atoms with van der Waals surface area (Å²) in [6, 6.07) is 1.36. The van der Waals surface area contributed by atoms with Crippen molar-refractivity contribution in [3.8, 4) is 0 Å². The van der Waals surface area contributed by atoms with Gasteiger partial charge in [-0.2, -0.15) is 18.2 Å². The van der Waals surface area contributed by atoms with Gasteiger partial charge >= 0.3 is 6.18 Å². The first-order valence-corrected chi connectivity index (χ1v) is 12.6. The molecule has 5 heterocycles. The number of aliphatic hydroxyl groups excluding tert-OH is 2. The molecule has 2 unspecified atom stereocenters. The fraction of sp³-hybridized carbons (Fsp3) is 0.591. The Balaban J connectivity index is 1.43. The van der Waals surface area contributed by atoms with Crippen LogP contribution in [0.3, 0.4) is 0 Å². The lowest BCUT2D eigenvalue weighted by Crippen LogP contribution is -2.49. The number of hydrogen-bond donors (Lipinski definition) is 3. The highest BCUT2D eigenvalue weighted by Crippen LogP contribution is 2.36. The number of aromatic nitrogens is 5. The third-order valence-electron chi connectivity index (χ3n) is 6.69. The number of carbonyl (C=O) groups excluding carboxylic acids is 1. The highest BCUT2D eigenvalue weighted by Gasteiger charge is 2.40. The number of fused-ring (bicyclic) bond motifs is 2. The van der Waals surface area contributed by atoms with E-state index < -0.39 is 29.6 Å². The van der Waals surface area contributed by atoms with E-state index in [0.717, 1.165) is 14.8 Å². The van der Waals surface area contributed by atoms with Crippen LogP contribution in [0.2, 0.25) is 0 Å². The number of carbonyl (C=O) groups is 1. The summed E-state index contributed by atoms with van der Waals surface area (Å²) in [6.45, 7) is 5.69. The lowest BCUT2D eigenvalue weighted by molar-refractivity contribution is -0.147. The molecule has 0 saturated carbocycles. The Labute approximate surface area is 213 Å². The number of nitrogens with zero attached hydrogens (tertiary/aromatic N) is 7. The quantitative estimate of drug-likeness (QED) is 0.438. The van der Waals surface area contributed by atoms with Crippen LogP contribution in [-0.4, -0.2) is 79.2 Å². The van der Waals surface area contributed by atoms with Gasteiger partial charge in [0.05, 0.1) is 36.1 Å². The molecule has 11 nitrogen and oxygen atoms in total. The van der Waals surface area contributed by atoms with Crippen molar-refractivity contribution in [2.24, 2.45) is 5.41 Å². The van der Waals surface area contributed by atoms with Crippen LogP contribution in [0.15, 0.2) is 6.07 Å². The Bertz CT molecular complexity index is 1340. The number of rotatable bonds is 5. The van der Waals surface area contributed by atoms with E-state index in [1.165, 1.54) is 11.3 Å². The van der Waals surface area contributed by atoms with Crippen LogP contribution in [0.5, 0.6) is 0 Å². The molecule has 2 aliphatic heterocycles. The van der Waals surface area contributed by atoms with Gasteiger partial charge in [-0.3, -0.25) is 4.79 Å². The maximum Gasteiger partial charge on any atom is 0.451 e. The van der Waals surface area contributed by atoms with E-state index in [2.05, 4.69) is 20.5 Å². The molecule has 200 valence electrons. The molecular weight excluding hydrogens is 513 g/mol. The second-order valence-electron chi connectivity index (χ2n) is 10.0. The molecule has 0 spiro atoms. The van der Waals surface area contributed by atoms with Gasteiger partial charge in [-0.15, -0.1) is 21.5 Å². The summed E-state index contributed by atoms with van der Waals surface area (Å²) in [5.41, 5.74) is -0.995. The third kappa shape index (κ3) is 4.70. The third-order valence-corrected chi connectivity index (χ3v) is 7.63. The minimum Gasteiger partial charge on any atom is -0.395 e. The number of anilines is 2. The molecule has 5 rings (SSSR count). The summed E-state index contributed by atoms with van der Waals surface area (Å²) in [5.74, 6) is -0.266. The summed E-state index contributed by atoms with van der Waals surface area (Å²) < 4.78 is 40.9. The van der Waals surface area contributed by atoms with Crippen LogP contribution in [0.4, 0.5) is 24.9 Å². The largest absolute Gasteiger partial charge is 0.451 e. The number of β-amino-alcohol motifs (C(OH)–C–C–N with tert-alkyl or cyclic N) is 1. The van der Waals surface area contributed by atoms with Gasteiger partial charge in [0, 0.05) is 31.1 Å². The van der Waals surface area contributed by atoms with Crippen molar-refractivity contribution >= 4 is 39.2 Å². The average molecular weight is 541 g/mol. The summed E-state index contributed by atoms with van der Waals surface area (Å²) in [5, 5.41) is 30.8. The van der Waals surface area contributed by atoms with Gasteiger partial charge in [0.15, 0.2) is 5.82 Å². The van der Waals surface area contributed by atoms with E-state index in [1.54, 1.807) is 18.7 Å². The van der Waals surface area contributed by atoms with Gasteiger partial charge in [-0.05, 0) is 26.8 Å². The first kappa shape index (κ1) is 25.6. The first-order valence-electron chi connectivity index (χ1n) is 11.7. The van der Waals surface area contributed by atoms with Gasteiger partial charge < -0.3 is 29.9 Å². The Hall–Kier alpha value is -3.04. The van der Waals surface area contributed by atoms with Gasteiger partial charge in [-0.1, -0.05) is 0 Å². The summed E-state index contributed by atoms with van der Waals surface area (Å²) >= 11 is 1.47. The minimum atomic E-state index is -4.58. The molecular formula is C22H27F3N8O3S. The van der Waals surface area contributed by atoms with Crippen LogP contribution >= 0.6 is 11.3 Å². The van der Waals surface area contributed by atoms with Crippen molar-refractivity contribution in [1.82, 2.24) is 30.0 Å². The lowest BCUT2D eigenvalue weighted by Gasteiger charge is -2.30. The van der Waals surface area contributed by atoms with E-state index >= 15 is 0 Å². The van der Waals surface area contributed by atoms with Crippen LogP contribution < -0.4 is 15.1 Å². The van der Waals surface area contributed by atoms with Crippen LogP contribution in [0.25, 0.3) is 10.2 Å². The van der Waals surface area contributed by atoms with Crippen molar-refractivity contribution in [3.63, 3.8) is 0 Å². The maximum atomic E-state index is 13.3. The number of amides is 1. The average Bonchev–Trinajstić information content (AvgIpc) is 3.53. The molecule has 1 fully saturated rings. The predicted molar refractivity (Wildman–Crippen MR) is 129 cm³/mol. The van der Waals surface area contributed by atoms with Gasteiger partial charge in [0.1, 0.15) is 10.6 Å². The molecule has 3 aromatic rings. The van der Waals surface area contributed by atoms with E-state index in [1.807, 2.05) is 17.9 Å². The molecule has 1 saturated heterocycles. The minimum absolute atomic E-state index is 0.0539. The molecule has 2 aliphatic rings. The number of halogens is 3. The van der Waals surface area contributed by atoms with Crippen molar-refractivity contribution < 1.29 is 28.2 Å². The normalized spacial score (nSPS) is 20.5. The number of thiophene rings is 1. The fourth-order valence-corrected chi connectivity index (χ4v) is 5.34. The molecule has 0 aromatic carbocycles. The second-order valence-corrected chi connectivity index (χ2v) is 11.3. The zero-order chi connectivity index (χ0) is 26.7. The zero-order valence-corrected chi connectivity index (χ0v) is 21.3. The standard InChI is InChI=1S/C22H27F3N8O3S/c1-11-6-12-16(31-4-5-33-15(9-31)29-30-18(33)22(23,24)25)27-20(28-17(12)37-11)32-7-13(14(35)8-32)26-19(36)21(2,3)10-34/h6,13-14,34-35H,4-5,7-10H2,1-3H3,(H,26,36). The monoisotopic (exact) mass is 540 g/mol. The molecule has 0 aliphatic carbocycles. The summed E-state index contributed by atoms with van der Waals surface area (Å²) in [4.78, 5) is 27.3. The molecule has 3 aromatic heterocycles. The molecule has 0 radical (unpaired) electrons. The molecule has 15 heteroatoms. The molecule has 3 N–H and O–H groups in total. The summed E-state index contributed by atoms with van der Waals surface area (Å²) in [7, 11) is 0. The fourth-order valence-electron chi connectivity index (χ4n) is 4.47. The van der Waals surface area contributed by atoms with Gasteiger partial charge in [0.2, 0.25) is 17.7 Å². The first-order chi connectivity index (χ1) is 17.4. The second kappa shape index (κ2) is 9.06. The SMILES string of the molecule is Cc1cc2c(N3CCn4c(nnc4C(F)(F)F)C3)nc(N3CC(O)C(NC(=O)C(C)(C)CO)C3)nc2s1. The predicted octanol–water partition coefficient (Wildman–Crippen LogP) is 1.31. The molecule has 0 bridgehead atoms. The Morgan fingerprint density at radius 3 is 2.65 bits per heavy atom. The number of alkyl halides is 3. The van der Waals surface area contributed by atoms with E-state index in [-0.39, 0.29) is 51.1 Å². The maximum absolute atomic E-state index is 13.3. The number of aryl methyl sites for hydroxylation is 1. The number of nitrogens with one attached hydrogen (secondary N) is 1. The van der Waals surface area contributed by atoms with Crippen molar-refractivity contribution in [2.45, 2.75) is 52.2 Å². The lowest BCUT2D eigenvalue weighted by atomic mass is 9.93. The van der Waals surface area contributed by atoms with Crippen LogP contribution in [0, 0.1) is 12.3 Å². The topological polar surface area (TPSA) is 133 Å². The number of hydrogen-bond acceptors (Lipinski definition) is 10. The zero-order valence-electron chi connectivity index (χ0n) is 20.5. The smallest absolute Gasteiger partial charge is 0.395 e. The molecule has 37 heavy (non-hydrogen) atoms. The van der Waals surface area contributed by atoms with Crippen molar-refractivity contribution in [2.75, 3.05) is 36.0 Å². The van der Waals surface area contributed by atoms with E-state index in [9.17, 15) is 28.2 Å². The van der Waals surface area contributed by atoms with Crippen molar-refractivity contribution in [3.05, 3.63) is 22.6 Å². The van der Waals surface area contributed by atoms with Gasteiger partial charge in [0.25, 0.3) is 0 Å². The highest BCUT2D eigenvalue weighted by molar-refractivity contribution is 7.18. The van der Waals surface area contributed by atoms with Crippen molar-refractivity contribution in [1.29, 1.82) is 0 Å². The molecule has 1 amide bonds. The van der Waals surface area contributed by atoms with Crippen LogP contribution in [-0.2, 0) is 24.1 Å². The van der Waals surface area contributed by atoms with Crippen LogP contribution in [0.1, 0.15) is 30.4 Å². The summed E-state index contributed by atoms with van der Waals surface area (Å²) in [6.07, 6.45) is -5.46. The Morgan fingerprint density at radius 1 is 1.19 bits per heavy atom. The Morgan fingerprint density at radius 2 is 1.95 bits per heavy atom. The van der Waals surface area contributed by atoms with E-state index in [4.69, 9.17) is 4.98 Å². The molecule has 2 atom stereocenters.